The van der Waals surface area contributed by atoms with Gasteiger partial charge in [-0.05, 0) is 27.7 Å². The van der Waals surface area contributed by atoms with Gasteiger partial charge in [-0.25, -0.2) is 14.8 Å². The van der Waals surface area contributed by atoms with E-state index in [1.165, 1.54) is 0 Å². The minimum Gasteiger partial charge on any atom is -0.444 e. The van der Waals surface area contributed by atoms with Crippen molar-refractivity contribution in [3.05, 3.63) is 16.1 Å². The predicted octanol–water partition coefficient (Wildman–Crippen LogP) is 3.02. The molecule has 0 unspecified atom stereocenters. The summed E-state index contributed by atoms with van der Waals surface area (Å²) < 4.78 is 5.20. The second-order valence-corrected chi connectivity index (χ2v) is 8.87. The number of aromatic nitrogens is 1. The van der Waals surface area contributed by atoms with Crippen LogP contribution < -0.4 is 16.0 Å². The molecule has 0 aliphatic rings. The lowest BCUT2D eigenvalue weighted by Crippen LogP contribution is -2.42. The Bertz CT molecular complexity index is 599. The van der Waals surface area contributed by atoms with Gasteiger partial charge in [0.15, 0.2) is 5.96 Å². The van der Waals surface area contributed by atoms with Crippen LogP contribution in [0.25, 0.3) is 0 Å². The molecule has 0 bridgehead atoms. The smallest absolute Gasteiger partial charge is 0.407 e. The van der Waals surface area contributed by atoms with E-state index < -0.39 is 11.7 Å². The molecule has 0 radical (unpaired) electrons. The number of ether oxygens (including phenoxy) is 1. The number of thiazole rings is 1. The van der Waals surface area contributed by atoms with Gasteiger partial charge in [0.2, 0.25) is 0 Å². The molecule has 7 nitrogen and oxygen atoms in total. The van der Waals surface area contributed by atoms with Crippen LogP contribution in [0.2, 0.25) is 0 Å². The summed E-state index contributed by atoms with van der Waals surface area (Å²) in [5.41, 5.74) is 0.648. The number of amides is 1. The lowest BCUT2D eigenvalue weighted by Gasteiger charge is -2.19. The molecule has 0 aliphatic carbocycles. The molecule has 0 saturated heterocycles. The molecule has 0 atom stereocenters. The Hall–Kier alpha value is -1.83. The Morgan fingerprint density at radius 1 is 1.15 bits per heavy atom. The van der Waals surface area contributed by atoms with Crippen LogP contribution in [-0.2, 0) is 16.7 Å². The molecular weight excluding hydrogens is 350 g/mol. The Labute approximate surface area is 161 Å². The average Bonchev–Trinajstić information content (AvgIpc) is 2.96. The van der Waals surface area contributed by atoms with E-state index in [0.29, 0.717) is 25.6 Å². The third-order valence-corrected chi connectivity index (χ3v) is 3.96. The number of rotatable bonds is 6. The number of hydrogen-bond acceptors (Lipinski definition) is 5. The predicted molar refractivity (Wildman–Crippen MR) is 108 cm³/mol. The number of carbonyl (C=O) groups excluding carboxylic acids is 1. The summed E-state index contributed by atoms with van der Waals surface area (Å²) in [6.07, 6.45) is -0.418. The normalized spacial score (nSPS) is 12.7. The number of alkyl carbamates (subject to hydrolysis) is 1. The molecule has 0 spiro atoms. The second-order valence-electron chi connectivity index (χ2n) is 7.93. The van der Waals surface area contributed by atoms with Crippen molar-refractivity contribution in [1.29, 1.82) is 0 Å². The van der Waals surface area contributed by atoms with Crippen LogP contribution in [0, 0.1) is 0 Å². The van der Waals surface area contributed by atoms with Gasteiger partial charge in [0, 0.05) is 30.4 Å². The van der Waals surface area contributed by atoms with Gasteiger partial charge in [0.25, 0.3) is 0 Å². The van der Waals surface area contributed by atoms with E-state index >= 15 is 0 Å². The van der Waals surface area contributed by atoms with Gasteiger partial charge >= 0.3 is 6.09 Å². The third-order valence-electron chi connectivity index (χ3n) is 3.12. The molecule has 1 heterocycles. The van der Waals surface area contributed by atoms with Crippen LogP contribution in [0.5, 0.6) is 0 Å². The lowest BCUT2D eigenvalue weighted by atomic mass is 9.93. The molecule has 0 fully saturated rings. The molecule has 1 amide bonds. The molecule has 8 heteroatoms. The highest BCUT2D eigenvalue weighted by Crippen LogP contribution is 2.24. The van der Waals surface area contributed by atoms with E-state index in [1.54, 1.807) is 11.3 Å². The quantitative estimate of drug-likeness (QED) is 0.399. The van der Waals surface area contributed by atoms with Crippen LogP contribution in [0.15, 0.2) is 10.4 Å². The highest BCUT2D eigenvalue weighted by atomic mass is 32.1. The molecular formula is C18H33N5O2S. The summed E-state index contributed by atoms with van der Waals surface area (Å²) >= 11 is 1.63. The Balaban J connectivity index is 2.46. The van der Waals surface area contributed by atoms with E-state index in [-0.39, 0.29) is 5.41 Å². The maximum Gasteiger partial charge on any atom is 0.407 e. The van der Waals surface area contributed by atoms with Crippen molar-refractivity contribution in [2.75, 3.05) is 19.6 Å². The molecule has 1 aromatic rings. The first-order valence-electron chi connectivity index (χ1n) is 8.95. The van der Waals surface area contributed by atoms with Crippen molar-refractivity contribution in [3.63, 3.8) is 0 Å². The minimum atomic E-state index is -0.493. The van der Waals surface area contributed by atoms with Gasteiger partial charge < -0.3 is 20.7 Å². The molecule has 0 aromatic carbocycles. The summed E-state index contributed by atoms with van der Waals surface area (Å²) in [6, 6.07) is 0. The van der Waals surface area contributed by atoms with Gasteiger partial charge in [-0.1, -0.05) is 20.8 Å². The van der Waals surface area contributed by atoms with Gasteiger partial charge in [0.1, 0.15) is 10.6 Å². The number of nitrogens with one attached hydrogen (secondary N) is 3. The SMILES string of the molecule is CCNC(=NCc1nc(C(C)(C)C)cs1)NCCNC(=O)OC(C)(C)C. The number of hydrogen-bond donors (Lipinski definition) is 3. The maximum absolute atomic E-state index is 11.6. The highest BCUT2D eigenvalue weighted by Gasteiger charge is 2.17. The van der Waals surface area contributed by atoms with Crippen molar-refractivity contribution >= 4 is 23.4 Å². The van der Waals surface area contributed by atoms with E-state index in [4.69, 9.17) is 4.74 Å². The largest absolute Gasteiger partial charge is 0.444 e. The first-order chi connectivity index (χ1) is 12.0. The molecule has 0 saturated carbocycles. The monoisotopic (exact) mass is 383 g/mol. The number of nitrogens with zero attached hydrogens (tertiary/aromatic N) is 2. The van der Waals surface area contributed by atoms with Gasteiger partial charge in [0.05, 0.1) is 12.2 Å². The van der Waals surface area contributed by atoms with Crippen molar-refractivity contribution in [1.82, 2.24) is 20.9 Å². The van der Waals surface area contributed by atoms with E-state index in [0.717, 1.165) is 17.2 Å². The minimum absolute atomic E-state index is 0.0501. The van der Waals surface area contributed by atoms with E-state index in [9.17, 15) is 4.79 Å². The number of aliphatic imine (C=N–C) groups is 1. The van der Waals surface area contributed by atoms with Crippen LogP contribution in [-0.4, -0.2) is 42.3 Å². The van der Waals surface area contributed by atoms with E-state index in [1.807, 2.05) is 27.7 Å². The zero-order valence-electron chi connectivity index (χ0n) is 17.0. The van der Waals surface area contributed by atoms with Crippen LogP contribution in [0.4, 0.5) is 4.79 Å². The Kier molecular flexibility index (Phi) is 8.33. The average molecular weight is 384 g/mol. The second kappa shape index (κ2) is 9.75. The summed E-state index contributed by atoms with van der Waals surface area (Å²) in [6.45, 7) is 16.3. The molecule has 0 aliphatic heterocycles. The summed E-state index contributed by atoms with van der Waals surface area (Å²) in [5, 5.41) is 12.2. The van der Waals surface area contributed by atoms with Crippen LogP contribution in [0.1, 0.15) is 59.2 Å². The first-order valence-corrected chi connectivity index (χ1v) is 9.83. The summed E-state index contributed by atoms with van der Waals surface area (Å²) in [4.78, 5) is 20.8. The maximum atomic E-state index is 11.6. The van der Waals surface area contributed by atoms with Gasteiger partial charge in [-0.15, -0.1) is 11.3 Å². The number of guanidine groups is 1. The van der Waals surface area contributed by atoms with Crippen LogP contribution >= 0.6 is 11.3 Å². The molecule has 148 valence electrons. The zero-order valence-corrected chi connectivity index (χ0v) is 17.8. The summed E-state index contributed by atoms with van der Waals surface area (Å²) in [7, 11) is 0. The Morgan fingerprint density at radius 2 is 1.81 bits per heavy atom. The van der Waals surface area contributed by atoms with Crippen LogP contribution in [0.3, 0.4) is 0 Å². The van der Waals surface area contributed by atoms with Crippen molar-refractivity contribution in [2.45, 2.75) is 66.0 Å². The third kappa shape index (κ3) is 9.03. The molecule has 3 N–H and O–H groups in total. The lowest BCUT2D eigenvalue weighted by molar-refractivity contribution is 0.0529. The van der Waals surface area contributed by atoms with Gasteiger partial charge in [-0.2, -0.15) is 0 Å². The van der Waals surface area contributed by atoms with Crippen molar-refractivity contribution in [2.24, 2.45) is 4.99 Å². The zero-order chi connectivity index (χ0) is 19.8. The van der Waals surface area contributed by atoms with Crippen molar-refractivity contribution in [3.8, 4) is 0 Å². The first kappa shape index (κ1) is 22.2. The molecule has 1 rings (SSSR count). The highest BCUT2D eigenvalue weighted by molar-refractivity contribution is 7.09. The van der Waals surface area contributed by atoms with Gasteiger partial charge in [-0.3, -0.25) is 0 Å². The standard InChI is InChI=1S/C18H33N5O2S/c1-8-19-15(20-9-10-21-16(24)25-18(5,6)7)22-11-14-23-13(12-26-14)17(2,3)4/h12H,8-11H2,1-7H3,(H,21,24)(H2,19,20,22). The topological polar surface area (TPSA) is 87.6 Å². The van der Waals surface area contributed by atoms with E-state index in [2.05, 4.69) is 52.1 Å². The fourth-order valence-electron chi connectivity index (χ4n) is 1.88. The molecule has 1 aromatic heterocycles. The fourth-order valence-corrected chi connectivity index (χ4v) is 2.82. The van der Waals surface area contributed by atoms with Crippen molar-refractivity contribution < 1.29 is 9.53 Å². The fraction of sp³-hybridized carbons (Fsp3) is 0.722. The Morgan fingerprint density at radius 3 is 2.35 bits per heavy atom. The molecule has 26 heavy (non-hydrogen) atoms. The summed E-state index contributed by atoms with van der Waals surface area (Å²) in [5.74, 6) is 0.700. The number of carbonyl (C=O) groups is 1.